The number of ether oxygens (including phenoxy) is 2. The Kier molecular flexibility index (Phi) is 7.09. The number of benzene rings is 2. The lowest BCUT2D eigenvalue weighted by Crippen LogP contribution is -2.54. The maximum Gasteiger partial charge on any atom is 0.270 e. The summed E-state index contributed by atoms with van der Waals surface area (Å²) < 4.78 is 10.9. The molecule has 1 fully saturated rings. The molecule has 1 saturated heterocycles. The minimum Gasteiger partial charge on any atom is -0.493 e. The van der Waals surface area contributed by atoms with Gasteiger partial charge in [0.1, 0.15) is 12.2 Å². The van der Waals surface area contributed by atoms with Gasteiger partial charge in [0.05, 0.1) is 17.8 Å². The zero-order valence-electron chi connectivity index (χ0n) is 17.1. The van der Waals surface area contributed by atoms with E-state index in [0.29, 0.717) is 22.7 Å². The van der Waals surface area contributed by atoms with Crippen LogP contribution in [0.5, 0.6) is 11.5 Å². The van der Waals surface area contributed by atoms with Crippen LogP contribution in [0.25, 0.3) is 6.08 Å². The molecule has 0 saturated carbocycles. The number of carbonyl (C=O) groups excluding carboxylic acids is 2. The number of aryl methyl sites for hydroxylation is 1. The van der Waals surface area contributed by atoms with Gasteiger partial charge in [0, 0.05) is 0 Å². The van der Waals surface area contributed by atoms with Gasteiger partial charge >= 0.3 is 0 Å². The molecule has 0 aliphatic carbocycles. The van der Waals surface area contributed by atoms with E-state index in [1.807, 2.05) is 19.1 Å². The van der Waals surface area contributed by atoms with Crippen LogP contribution in [0.1, 0.15) is 18.1 Å². The lowest BCUT2D eigenvalue weighted by molar-refractivity contribution is -0.122. The molecule has 2 amide bonds. The van der Waals surface area contributed by atoms with Crippen molar-refractivity contribution < 1.29 is 19.1 Å². The fraction of sp³-hybridized carbons (Fsp3) is 0.174. The number of thiocarbonyl (C=S) groups is 1. The van der Waals surface area contributed by atoms with E-state index >= 15 is 0 Å². The number of hydrogen-bond acceptors (Lipinski definition) is 5. The molecule has 8 heteroatoms. The molecule has 1 aliphatic rings. The van der Waals surface area contributed by atoms with Crippen molar-refractivity contribution in [1.82, 2.24) is 5.32 Å². The van der Waals surface area contributed by atoms with Crippen LogP contribution in [0, 0.1) is 0 Å². The van der Waals surface area contributed by atoms with Gasteiger partial charge in [-0.15, -0.1) is 0 Å². The predicted molar refractivity (Wildman–Crippen MR) is 126 cm³/mol. The van der Waals surface area contributed by atoms with Crippen LogP contribution in [-0.4, -0.2) is 30.6 Å². The monoisotopic (exact) mass is 456 g/mol. The summed E-state index contributed by atoms with van der Waals surface area (Å²) in [7, 11) is 1.47. The van der Waals surface area contributed by atoms with Gasteiger partial charge in [-0.2, -0.15) is 0 Å². The maximum atomic E-state index is 13.2. The second kappa shape index (κ2) is 9.76. The van der Waals surface area contributed by atoms with Gasteiger partial charge in [0.15, 0.2) is 16.6 Å². The molecule has 1 N–H and O–H groups in total. The summed E-state index contributed by atoms with van der Waals surface area (Å²) in [5, 5.41) is 2.87. The molecule has 1 heterocycles. The van der Waals surface area contributed by atoms with Crippen LogP contribution in [0.15, 0.2) is 54.6 Å². The van der Waals surface area contributed by atoms with E-state index in [4.69, 9.17) is 33.3 Å². The Bertz CT molecular complexity index is 1080. The van der Waals surface area contributed by atoms with E-state index in [2.05, 4.69) is 11.9 Å². The molecule has 0 bridgehead atoms. The summed E-state index contributed by atoms with van der Waals surface area (Å²) >= 11 is 11.6. The molecule has 0 radical (unpaired) electrons. The fourth-order valence-electron chi connectivity index (χ4n) is 3.04. The molecule has 0 atom stereocenters. The Hall–Kier alpha value is -3.16. The van der Waals surface area contributed by atoms with Crippen molar-refractivity contribution in [3.8, 4) is 11.5 Å². The second-order valence-electron chi connectivity index (χ2n) is 6.61. The van der Waals surface area contributed by atoms with E-state index in [1.165, 1.54) is 18.1 Å². The first kappa shape index (κ1) is 22.5. The Labute approximate surface area is 191 Å². The minimum atomic E-state index is -0.585. The van der Waals surface area contributed by atoms with Gasteiger partial charge in [-0.3, -0.25) is 19.8 Å². The van der Waals surface area contributed by atoms with Crippen LogP contribution >= 0.6 is 23.8 Å². The summed E-state index contributed by atoms with van der Waals surface area (Å²) in [5.41, 5.74) is 2.12. The molecule has 3 rings (SSSR count). The third-order valence-electron chi connectivity index (χ3n) is 4.61. The van der Waals surface area contributed by atoms with Crippen molar-refractivity contribution in [3.63, 3.8) is 0 Å². The first-order valence-electron chi connectivity index (χ1n) is 9.51. The number of halogens is 1. The average Bonchev–Trinajstić information content (AvgIpc) is 2.76. The average molecular weight is 457 g/mol. The highest BCUT2D eigenvalue weighted by molar-refractivity contribution is 7.80. The van der Waals surface area contributed by atoms with Crippen molar-refractivity contribution in [1.29, 1.82) is 0 Å². The molecule has 1 aliphatic heterocycles. The second-order valence-corrected chi connectivity index (χ2v) is 7.41. The highest BCUT2D eigenvalue weighted by Gasteiger charge is 2.34. The molecule has 0 spiro atoms. The van der Waals surface area contributed by atoms with E-state index in [0.717, 1.165) is 12.0 Å². The summed E-state index contributed by atoms with van der Waals surface area (Å²) in [4.78, 5) is 27.0. The molecule has 6 nitrogen and oxygen atoms in total. The smallest absolute Gasteiger partial charge is 0.270 e. The summed E-state index contributed by atoms with van der Waals surface area (Å²) in [6.07, 6.45) is 3.90. The van der Waals surface area contributed by atoms with Crippen molar-refractivity contribution in [2.45, 2.75) is 13.3 Å². The van der Waals surface area contributed by atoms with E-state index in [9.17, 15) is 9.59 Å². The highest BCUT2D eigenvalue weighted by Crippen LogP contribution is 2.37. The standard InChI is InChI=1S/C23H21ClN2O4S/c1-4-10-30-20-18(24)12-15(13-19(20)29-3)11-17-21(27)25-23(31)26(22(17)28)16-8-6-14(5-2)7-9-16/h4,6-9,11-13H,1,5,10H2,2-3H3,(H,25,27,31)/b17-11+. The number of anilines is 1. The van der Waals surface area contributed by atoms with Gasteiger partial charge in [-0.1, -0.05) is 43.3 Å². The third-order valence-corrected chi connectivity index (χ3v) is 5.18. The Morgan fingerprint density at radius 2 is 1.94 bits per heavy atom. The Morgan fingerprint density at radius 3 is 2.55 bits per heavy atom. The van der Waals surface area contributed by atoms with Crippen LogP contribution in [-0.2, 0) is 16.0 Å². The van der Waals surface area contributed by atoms with Gasteiger partial charge in [-0.25, -0.2) is 0 Å². The first-order valence-corrected chi connectivity index (χ1v) is 10.3. The van der Waals surface area contributed by atoms with Crippen molar-refractivity contribution in [2.75, 3.05) is 18.6 Å². The number of nitrogens with zero attached hydrogens (tertiary/aromatic N) is 1. The van der Waals surface area contributed by atoms with Crippen molar-refractivity contribution in [3.05, 3.63) is 70.8 Å². The number of methoxy groups -OCH3 is 1. The van der Waals surface area contributed by atoms with Crippen LogP contribution in [0.3, 0.4) is 0 Å². The van der Waals surface area contributed by atoms with Gasteiger partial charge in [0.25, 0.3) is 11.8 Å². The number of rotatable bonds is 7. The Balaban J connectivity index is 1.99. The number of hydrogen-bond donors (Lipinski definition) is 1. The minimum absolute atomic E-state index is 0.0279. The zero-order valence-corrected chi connectivity index (χ0v) is 18.7. The molecule has 0 aromatic heterocycles. The first-order chi connectivity index (χ1) is 14.9. The van der Waals surface area contributed by atoms with Crippen molar-refractivity contribution in [2.24, 2.45) is 0 Å². The topological polar surface area (TPSA) is 67.9 Å². The SMILES string of the molecule is C=CCOc1c(Cl)cc(/C=C2\C(=O)NC(=S)N(c3ccc(CC)cc3)C2=O)cc1OC. The molecule has 2 aromatic carbocycles. The number of amides is 2. The van der Waals surface area contributed by atoms with Crippen LogP contribution in [0.2, 0.25) is 5.02 Å². The molecule has 2 aromatic rings. The normalized spacial score (nSPS) is 15.1. The molecular weight excluding hydrogens is 436 g/mol. The molecule has 0 unspecified atom stereocenters. The zero-order chi connectivity index (χ0) is 22.5. The number of carbonyl (C=O) groups is 2. The Morgan fingerprint density at radius 1 is 1.23 bits per heavy atom. The van der Waals surface area contributed by atoms with Crippen molar-refractivity contribution >= 4 is 52.5 Å². The summed E-state index contributed by atoms with van der Waals surface area (Å²) in [6.45, 7) is 5.90. The largest absolute Gasteiger partial charge is 0.493 e. The van der Waals surface area contributed by atoms with E-state index < -0.39 is 11.8 Å². The predicted octanol–water partition coefficient (Wildman–Crippen LogP) is 4.31. The lowest BCUT2D eigenvalue weighted by Gasteiger charge is -2.29. The van der Waals surface area contributed by atoms with Gasteiger partial charge < -0.3 is 9.47 Å². The van der Waals surface area contributed by atoms with E-state index in [1.54, 1.807) is 30.3 Å². The van der Waals surface area contributed by atoms with E-state index in [-0.39, 0.29) is 22.3 Å². The fourth-order valence-corrected chi connectivity index (χ4v) is 3.60. The van der Waals surface area contributed by atoms with Gasteiger partial charge in [0.2, 0.25) is 0 Å². The maximum absolute atomic E-state index is 13.2. The lowest BCUT2D eigenvalue weighted by atomic mass is 10.1. The summed E-state index contributed by atoms with van der Waals surface area (Å²) in [5.74, 6) is -0.393. The highest BCUT2D eigenvalue weighted by atomic mass is 35.5. The van der Waals surface area contributed by atoms with Gasteiger partial charge in [-0.05, 0) is 60.1 Å². The molecule has 31 heavy (non-hydrogen) atoms. The third kappa shape index (κ3) is 4.78. The summed E-state index contributed by atoms with van der Waals surface area (Å²) in [6, 6.07) is 10.6. The number of nitrogens with one attached hydrogen (secondary N) is 1. The van der Waals surface area contributed by atoms with Crippen LogP contribution < -0.4 is 19.7 Å². The molecule has 160 valence electrons. The van der Waals surface area contributed by atoms with Crippen LogP contribution in [0.4, 0.5) is 5.69 Å². The molecular formula is C23H21ClN2O4S. The quantitative estimate of drug-likeness (QED) is 0.291.